The summed E-state index contributed by atoms with van der Waals surface area (Å²) in [5, 5.41) is 10.4. The van der Waals surface area contributed by atoms with E-state index in [9.17, 15) is 0 Å². The molecule has 0 unspecified atom stereocenters. The predicted octanol–water partition coefficient (Wildman–Crippen LogP) is 4.20. The van der Waals surface area contributed by atoms with Crippen LogP contribution in [0.2, 0.25) is 0 Å². The molecule has 0 spiro atoms. The van der Waals surface area contributed by atoms with Crippen LogP contribution in [0.25, 0.3) is 0 Å². The first kappa shape index (κ1) is 22.8. The highest BCUT2D eigenvalue weighted by Gasteiger charge is 2.22. The summed E-state index contributed by atoms with van der Waals surface area (Å²) in [5.41, 5.74) is 2.56. The number of nitrogens with one attached hydrogen (secondary N) is 2. The first-order chi connectivity index (χ1) is 14.5. The van der Waals surface area contributed by atoms with Gasteiger partial charge in [0.1, 0.15) is 0 Å². The van der Waals surface area contributed by atoms with E-state index in [-0.39, 0.29) is 5.41 Å². The smallest absolute Gasteiger partial charge is 0.191 e. The van der Waals surface area contributed by atoms with Gasteiger partial charge in [-0.15, -0.1) is 11.3 Å². The molecule has 0 radical (unpaired) electrons. The van der Waals surface area contributed by atoms with Crippen molar-refractivity contribution in [3.63, 3.8) is 0 Å². The van der Waals surface area contributed by atoms with Gasteiger partial charge in [-0.05, 0) is 51.3 Å². The van der Waals surface area contributed by atoms with Gasteiger partial charge in [0, 0.05) is 30.4 Å². The first-order valence-electron chi connectivity index (χ1n) is 11.2. The molecule has 1 fully saturated rings. The van der Waals surface area contributed by atoms with E-state index in [0.29, 0.717) is 5.92 Å². The van der Waals surface area contributed by atoms with E-state index in [0.717, 1.165) is 50.2 Å². The number of rotatable bonds is 8. The fourth-order valence-electron chi connectivity index (χ4n) is 3.90. The molecule has 2 heterocycles. The van der Waals surface area contributed by atoms with Crippen molar-refractivity contribution < 1.29 is 0 Å². The van der Waals surface area contributed by atoms with Crippen LogP contribution in [0.5, 0.6) is 0 Å². The molecule has 1 aliphatic rings. The predicted molar refractivity (Wildman–Crippen MR) is 128 cm³/mol. The molecule has 0 bridgehead atoms. The molecular formula is C24H37N5S. The number of likely N-dealkylation sites (tertiary alicyclic amines) is 1. The molecule has 0 amide bonds. The van der Waals surface area contributed by atoms with Crippen molar-refractivity contribution in [2.24, 2.45) is 10.9 Å². The van der Waals surface area contributed by atoms with Crippen LogP contribution in [0.3, 0.4) is 0 Å². The second-order valence-electron chi connectivity index (χ2n) is 8.90. The molecule has 3 rings (SSSR count). The summed E-state index contributed by atoms with van der Waals surface area (Å²) in [6, 6.07) is 10.7. The SMILES string of the molecule is CCNC(=NCC(C)(C)c1ccccc1)NCC1CCN(Cc2csc(C)n2)CC1. The molecule has 164 valence electrons. The first-order valence-corrected chi connectivity index (χ1v) is 12.1. The zero-order valence-corrected chi connectivity index (χ0v) is 19.8. The Bertz CT molecular complexity index is 791. The summed E-state index contributed by atoms with van der Waals surface area (Å²) in [7, 11) is 0. The standard InChI is InChI=1S/C24H37N5S/c1-5-25-23(27-18-24(3,4)21-9-7-6-8-10-21)26-15-20-11-13-29(14-12-20)16-22-17-30-19(2)28-22/h6-10,17,20H,5,11-16,18H2,1-4H3,(H2,25,26,27). The van der Waals surface area contributed by atoms with Crippen molar-refractivity contribution >= 4 is 17.3 Å². The highest BCUT2D eigenvalue weighted by molar-refractivity contribution is 7.09. The lowest BCUT2D eigenvalue weighted by Gasteiger charge is -2.32. The van der Waals surface area contributed by atoms with Gasteiger partial charge < -0.3 is 10.6 Å². The number of aliphatic imine (C=N–C) groups is 1. The number of benzene rings is 1. The maximum Gasteiger partial charge on any atom is 0.191 e. The summed E-state index contributed by atoms with van der Waals surface area (Å²) in [6.07, 6.45) is 2.45. The Morgan fingerprint density at radius 2 is 1.93 bits per heavy atom. The van der Waals surface area contributed by atoms with Gasteiger partial charge in [-0.2, -0.15) is 0 Å². The Balaban J connectivity index is 1.46. The quantitative estimate of drug-likeness (QED) is 0.490. The van der Waals surface area contributed by atoms with Crippen LogP contribution in [-0.4, -0.2) is 48.6 Å². The van der Waals surface area contributed by atoms with Crippen LogP contribution in [0.4, 0.5) is 0 Å². The van der Waals surface area contributed by atoms with Gasteiger partial charge in [-0.3, -0.25) is 9.89 Å². The van der Waals surface area contributed by atoms with Crippen LogP contribution in [0.1, 0.15) is 49.9 Å². The highest BCUT2D eigenvalue weighted by atomic mass is 32.1. The third-order valence-electron chi connectivity index (χ3n) is 5.85. The Morgan fingerprint density at radius 1 is 1.20 bits per heavy atom. The summed E-state index contributed by atoms with van der Waals surface area (Å²) in [5.74, 6) is 1.63. The maximum absolute atomic E-state index is 4.90. The molecule has 6 heteroatoms. The Morgan fingerprint density at radius 3 is 2.57 bits per heavy atom. The largest absolute Gasteiger partial charge is 0.357 e. The lowest BCUT2D eigenvalue weighted by Crippen LogP contribution is -2.43. The van der Waals surface area contributed by atoms with E-state index in [1.165, 1.54) is 24.1 Å². The average Bonchev–Trinajstić information content (AvgIpc) is 3.16. The van der Waals surface area contributed by atoms with Gasteiger partial charge in [0.2, 0.25) is 0 Å². The molecule has 1 aliphatic heterocycles. The van der Waals surface area contributed by atoms with Gasteiger partial charge in [0.25, 0.3) is 0 Å². The topological polar surface area (TPSA) is 52.6 Å². The monoisotopic (exact) mass is 427 g/mol. The van der Waals surface area contributed by atoms with Gasteiger partial charge in [0.05, 0.1) is 17.2 Å². The molecular weight excluding hydrogens is 390 g/mol. The number of hydrogen-bond donors (Lipinski definition) is 2. The van der Waals surface area contributed by atoms with E-state index in [2.05, 4.69) is 83.9 Å². The minimum atomic E-state index is 0.0169. The molecule has 0 saturated carbocycles. The van der Waals surface area contributed by atoms with Crippen LogP contribution < -0.4 is 10.6 Å². The molecule has 30 heavy (non-hydrogen) atoms. The van der Waals surface area contributed by atoms with Gasteiger partial charge in [0.15, 0.2) is 5.96 Å². The molecule has 2 N–H and O–H groups in total. The van der Waals surface area contributed by atoms with Crippen LogP contribution in [0.15, 0.2) is 40.7 Å². The summed E-state index contributed by atoms with van der Waals surface area (Å²) in [4.78, 5) is 12.0. The van der Waals surface area contributed by atoms with E-state index in [1.54, 1.807) is 11.3 Å². The molecule has 1 aromatic carbocycles. The van der Waals surface area contributed by atoms with Crippen molar-refractivity contribution in [1.29, 1.82) is 0 Å². The number of hydrogen-bond acceptors (Lipinski definition) is 4. The minimum Gasteiger partial charge on any atom is -0.357 e. The number of guanidine groups is 1. The Kier molecular flexibility index (Phi) is 8.28. The van der Waals surface area contributed by atoms with E-state index in [4.69, 9.17) is 4.99 Å². The molecule has 1 aromatic heterocycles. The van der Waals surface area contributed by atoms with Crippen molar-refractivity contribution in [3.8, 4) is 0 Å². The summed E-state index contributed by atoms with van der Waals surface area (Å²) in [6.45, 7) is 14.6. The van der Waals surface area contributed by atoms with Crippen LogP contribution >= 0.6 is 11.3 Å². The second kappa shape index (κ2) is 10.9. The van der Waals surface area contributed by atoms with Crippen LogP contribution in [-0.2, 0) is 12.0 Å². The number of piperidine rings is 1. The Labute approximate surface area is 186 Å². The second-order valence-corrected chi connectivity index (χ2v) is 9.97. The maximum atomic E-state index is 4.90. The average molecular weight is 428 g/mol. The molecule has 0 atom stereocenters. The third-order valence-corrected chi connectivity index (χ3v) is 6.67. The highest BCUT2D eigenvalue weighted by Crippen LogP contribution is 2.23. The zero-order chi connectivity index (χ0) is 21.4. The summed E-state index contributed by atoms with van der Waals surface area (Å²) < 4.78 is 0. The lowest BCUT2D eigenvalue weighted by molar-refractivity contribution is 0.176. The van der Waals surface area contributed by atoms with Crippen LogP contribution in [0, 0.1) is 12.8 Å². The van der Waals surface area contributed by atoms with E-state index < -0.39 is 0 Å². The lowest BCUT2D eigenvalue weighted by atomic mass is 9.85. The summed E-state index contributed by atoms with van der Waals surface area (Å²) >= 11 is 1.75. The van der Waals surface area contributed by atoms with E-state index in [1.807, 2.05) is 0 Å². The fraction of sp³-hybridized carbons (Fsp3) is 0.583. The van der Waals surface area contributed by atoms with E-state index >= 15 is 0 Å². The molecule has 2 aromatic rings. The van der Waals surface area contributed by atoms with Gasteiger partial charge in [-0.1, -0.05) is 44.2 Å². The molecule has 0 aliphatic carbocycles. The van der Waals surface area contributed by atoms with Crippen molar-refractivity contribution in [2.75, 3.05) is 32.7 Å². The number of aromatic nitrogens is 1. The normalized spacial score (nSPS) is 16.6. The molecule has 5 nitrogen and oxygen atoms in total. The van der Waals surface area contributed by atoms with Gasteiger partial charge >= 0.3 is 0 Å². The van der Waals surface area contributed by atoms with Crippen molar-refractivity contribution in [2.45, 2.75) is 52.5 Å². The van der Waals surface area contributed by atoms with Gasteiger partial charge in [-0.25, -0.2) is 4.98 Å². The molecule has 1 saturated heterocycles. The zero-order valence-electron chi connectivity index (χ0n) is 18.9. The number of aryl methyl sites for hydroxylation is 1. The third kappa shape index (κ3) is 6.81. The minimum absolute atomic E-state index is 0.0169. The Hall–Kier alpha value is -1.92. The van der Waals surface area contributed by atoms with Crippen molar-refractivity contribution in [1.82, 2.24) is 20.5 Å². The van der Waals surface area contributed by atoms with Crippen molar-refractivity contribution in [3.05, 3.63) is 52.0 Å². The fourth-order valence-corrected chi connectivity index (χ4v) is 4.50. The number of thiazole rings is 1. The number of nitrogens with zero attached hydrogens (tertiary/aromatic N) is 3.